The number of aliphatic imine (C=N–C) groups is 1. The van der Waals surface area contributed by atoms with Crippen LogP contribution in [-0.2, 0) is 14.3 Å². The molecule has 0 saturated carbocycles. The van der Waals surface area contributed by atoms with Crippen LogP contribution in [0.2, 0.25) is 0 Å². The van der Waals surface area contributed by atoms with Gasteiger partial charge in [-0.2, -0.15) is 0 Å². The molecule has 1 rings (SSSR count). The quantitative estimate of drug-likeness (QED) is 0.694. The number of hydrogen-bond acceptors (Lipinski definition) is 4. The van der Waals surface area contributed by atoms with Gasteiger partial charge in [-0.15, -0.1) is 0 Å². The summed E-state index contributed by atoms with van der Waals surface area (Å²) >= 11 is 0. The molecule has 0 aromatic rings. The van der Waals surface area contributed by atoms with Crippen LogP contribution in [0.4, 0.5) is 0 Å². The lowest BCUT2D eigenvalue weighted by Gasteiger charge is -2.20. The Morgan fingerprint density at radius 2 is 2.16 bits per heavy atom. The predicted octanol–water partition coefficient (Wildman–Crippen LogP) is 2.71. The molecule has 106 valence electrons. The van der Waals surface area contributed by atoms with Crippen molar-refractivity contribution in [3.8, 4) is 0 Å². The highest BCUT2D eigenvalue weighted by Gasteiger charge is 2.28. The van der Waals surface area contributed by atoms with Gasteiger partial charge in [0.2, 0.25) is 0 Å². The molecular formula is C15H23NO3. The van der Waals surface area contributed by atoms with Crippen molar-refractivity contribution in [2.24, 2.45) is 10.9 Å². The third kappa shape index (κ3) is 4.01. The van der Waals surface area contributed by atoms with Gasteiger partial charge in [-0.1, -0.05) is 39.7 Å². The number of hydrogen-bond donors (Lipinski definition) is 0. The van der Waals surface area contributed by atoms with Crippen LogP contribution < -0.4 is 0 Å². The fourth-order valence-electron chi connectivity index (χ4n) is 2.04. The summed E-state index contributed by atoms with van der Waals surface area (Å²) in [5.41, 5.74) is 0.628. The van der Waals surface area contributed by atoms with Crippen molar-refractivity contribution in [3.05, 3.63) is 11.6 Å². The lowest BCUT2D eigenvalue weighted by atomic mass is 9.93. The molecule has 0 aliphatic carbocycles. The van der Waals surface area contributed by atoms with Gasteiger partial charge in [-0.3, -0.25) is 9.79 Å². The van der Waals surface area contributed by atoms with Crippen molar-refractivity contribution in [1.82, 2.24) is 0 Å². The highest BCUT2D eigenvalue weighted by atomic mass is 16.5. The molecule has 0 N–H and O–H groups in total. The fraction of sp³-hybridized carbons (Fsp3) is 0.667. The lowest BCUT2D eigenvalue weighted by molar-refractivity contribution is -0.135. The van der Waals surface area contributed by atoms with Crippen LogP contribution in [0.15, 0.2) is 16.6 Å². The molecule has 0 bridgehead atoms. The minimum Gasteiger partial charge on any atom is -0.465 e. The van der Waals surface area contributed by atoms with E-state index in [2.05, 4.69) is 11.9 Å². The number of ether oxygens (including phenoxy) is 1. The molecule has 1 aliphatic rings. The van der Waals surface area contributed by atoms with Gasteiger partial charge < -0.3 is 4.74 Å². The summed E-state index contributed by atoms with van der Waals surface area (Å²) < 4.78 is 4.73. The fourth-order valence-corrected chi connectivity index (χ4v) is 2.04. The van der Waals surface area contributed by atoms with E-state index in [-0.39, 0.29) is 17.7 Å². The first-order valence-electron chi connectivity index (χ1n) is 6.92. The first kappa shape index (κ1) is 15.6. The monoisotopic (exact) mass is 265 g/mol. The van der Waals surface area contributed by atoms with Crippen molar-refractivity contribution in [2.45, 2.75) is 52.5 Å². The zero-order valence-corrected chi connectivity index (χ0v) is 12.2. The van der Waals surface area contributed by atoms with E-state index >= 15 is 0 Å². The molecule has 1 aliphatic heterocycles. The number of rotatable bonds is 6. The maximum absolute atomic E-state index is 12.2. The second kappa shape index (κ2) is 7.22. The summed E-state index contributed by atoms with van der Waals surface area (Å²) in [6.45, 7) is 5.76. The Balaban J connectivity index is 2.96. The molecule has 0 radical (unpaired) electrons. The standard InChI is InChI=1S/C15H23NO3/c1-5-6-7-11-8-9-12(15(18)19-4)13(16-11)14(17)10(2)3/h9-11H,5-8H2,1-4H3. The molecule has 4 heteroatoms. The summed E-state index contributed by atoms with van der Waals surface area (Å²) in [7, 11) is 1.32. The zero-order chi connectivity index (χ0) is 14.4. The molecule has 1 atom stereocenters. The summed E-state index contributed by atoms with van der Waals surface area (Å²) in [5.74, 6) is -0.726. The topological polar surface area (TPSA) is 55.7 Å². The average molecular weight is 265 g/mol. The third-order valence-corrected chi connectivity index (χ3v) is 3.21. The van der Waals surface area contributed by atoms with E-state index in [0.29, 0.717) is 17.7 Å². The number of carbonyl (C=O) groups is 2. The molecule has 0 aromatic heterocycles. The minimum atomic E-state index is -0.471. The average Bonchev–Trinajstić information content (AvgIpc) is 2.42. The number of carbonyl (C=O) groups excluding carboxylic acids is 2. The van der Waals surface area contributed by atoms with E-state index in [9.17, 15) is 9.59 Å². The van der Waals surface area contributed by atoms with Gasteiger partial charge in [0.1, 0.15) is 5.71 Å². The number of unbranched alkanes of at least 4 members (excludes halogenated alkanes) is 1. The van der Waals surface area contributed by atoms with Crippen molar-refractivity contribution in [2.75, 3.05) is 7.11 Å². The van der Waals surface area contributed by atoms with Gasteiger partial charge in [0.05, 0.1) is 18.7 Å². The summed E-state index contributed by atoms with van der Waals surface area (Å²) in [5, 5.41) is 0. The normalized spacial score (nSPS) is 18.9. The molecule has 0 saturated heterocycles. The second-order valence-electron chi connectivity index (χ2n) is 5.14. The van der Waals surface area contributed by atoms with Crippen molar-refractivity contribution in [1.29, 1.82) is 0 Å². The smallest absolute Gasteiger partial charge is 0.339 e. The zero-order valence-electron chi connectivity index (χ0n) is 12.2. The van der Waals surface area contributed by atoms with Gasteiger partial charge >= 0.3 is 5.97 Å². The molecule has 19 heavy (non-hydrogen) atoms. The van der Waals surface area contributed by atoms with Gasteiger partial charge in [0, 0.05) is 5.92 Å². The molecular weight excluding hydrogens is 242 g/mol. The van der Waals surface area contributed by atoms with Crippen LogP contribution in [0.1, 0.15) is 46.5 Å². The predicted molar refractivity (Wildman–Crippen MR) is 75.3 cm³/mol. The molecule has 0 fully saturated rings. The number of ketones is 1. The Morgan fingerprint density at radius 1 is 1.47 bits per heavy atom. The molecule has 1 heterocycles. The van der Waals surface area contributed by atoms with Crippen LogP contribution in [0.25, 0.3) is 0 Å². The lowest BCUT2D eigenvalue weighted by Crippen LogP contribution is -2.30. The Labute approximate surface area is 114 Å². The van der Waals surface area contributed by atoms with Crippen LogP contribution in [0, 0.1) is 5.92 Å². The summed E-state index contributed by atoms with van der Waals surface area (Å²) in [6.07, 6.45) is 5.65. The Bertz CT molecular complexity index is 408. The maximum atomic E-state index is 12.2. The van der Waals surface area contributed by atoms with Gasteiger partial charge in [0.25, 0.3) is 0 Å². The molecule has 0 spiro atoms. The summed E-state index contributed by atoms with van der Waals surface area (Å²) in [4.78, 5) is 28.4. The molecule has 0 amide bonds. The Kier molecular flexibility index (Phi) is 5.93. The van der Waals surface area contributed by atoms with E-state index in [1.807, 2.05) is 13.8 Å². The van der Waals surface area contributed by atoms with Crippen LogP contribution >= 0.6 is 0 Å². The first-order chi connectivity index (χ1) is 9.01. The number of nitrogens with zero attached hydrogens (tertiary/aromatic N) is 1. The van der Waals surface area contributed by atoms with Crippen molar-refractivity contribution in [3.63, 3.8) is 0 Å². The van der Waals surface area contributed by atoms with E-state index in [4.69, 9.17) is 4.74 Å². The number of dihydropyridines is 1. The Morgan fingerprint density at radius 3 is 2.68 bits per heavy atom. The van der Waals surface area contributed by atoms with E-state index in [1.54, 1.807) is 6.08 Å². The maximum Gasteiger partial charge on any atom is 0.339 e. The first-order valence-corrected chi connectivity index (χ1v) is 6.92. The molecule has 1 unspecified atom stereocenters. The molecule has 0 aromatic carbocycles. The highest BCUT2D eigenvalue weighted by Crippen LogP contribution is 2.20. The van der Waals surface area contributed by atoms with Crippen LogP contribution in [-0.4, -0.2) is 30.6 Å². The number of esters is 1. The highest BCUT2D eigenvalue weighted by molar-refractivity contribution is 6.52. The van der Waals surface area contributed by atoms with Gasteiger partial charge in [0.15, 0.2) is 5.78 Å². The number of Topliss-reactive ketones (excluding diaryl/α,β-unsaturated/α-hetero) is 1. The van der Waals surface area contributed by atoms with E-state index < -0.39 is 5.97 Å². The largest absolute Gasteiger partial charge is 0.465 e. The van der Waals surface area contributed by atoms with E-state index in [0.717, 1.165) is 19.3 Å². The third-order valence-electron chi connectivity index (χ3n) is 3.21. The minimum absolute atomic E-state index is 0.0853. The van der Waals surface area contributed by atoms with Gasteiger partial charge in [-0.25, -0.2) is 4.79 Å². The van der Waals surface area contributed by atoms with Crippen LogP contribution in [0.3, 0.4) is 0 Å². The summed E-state index contributed by atoms with van der Waals surface area (Å²) in [6, 6.07) is 0.117. The van der Waals surface area contributed by atoms with Gasteiger partial charge in [-0.05, 0) is 12.8 Å². The van der Waals surface area contributed by atoms with Crippen molar-refractivity contribution >= 4 is 17.5 Å². The number of methoxy groups -OCH3 is 1. The Hall–Kier alpha value is -1.45. The van der Waals surface area contributed by atoms with E-state index in [1.165, 1.54) is 7.11 Å². The molecule has 4 nitrogen and oxygen atoms in total. The van der Waals surface area contributed by atoms with Crippen molar-refractivity contribution < 1.29 is 14.3 Å². The van der Waals surface area contributed by atoms with Crippen LogP contribution in [0.5, 0.6) is 0 Å². The second-order valence-corrected chi connectivity index (χ2v) is 5.14. The SMILES string of the molecule is CCCCC1CC=C(C(=O)OC)C(C(=O)C(C)C)=N1.